The van der Waals surface area contributed by atoms with Crippen LogP contribution in [0.15, 0.2) is 36.5 Å². The van der Waals surface area contributed by atoms with Crippen molar-refractivity contribution >= 4 is 34.9 Å². The zero-order valence-corrected chi connectivity index (χ0v) is 17.7. The number of alkyl halides is 2. The van der Waals surface area contributed by atoms with Crippen molar-refractivity contribution in [1.82, 2.24) is 15.2 Å². The monoisotopic (exact) mass is 458 g/mol. The summed E-state index contributed by atoms with van der Waals surface area (Å²) in [6.45, 7) is 0.828. The highest BCUT2D eigenvalue weighted by molar-refractivity contribution is 6.36. The number of amides is 1. The summed E-state index contributed by atoms with van der Waals surface area (Å²) in [5.41, 5.74) is 0.929. The first-order valence-corrected chi connectivity index (χ1v) is 10.2. The Hall–Kier alpha value is -2.16. The molecule has 2 aromatic rings. The first-order chi connectivity index (χ1) is 14.4. The Balaban J connectivity index is 1.37. The predicted molar refractivity (Wildman–Crippen MR) is 113 cm³/mol. The molecule has 3 rings (SSSR count). The second-order valence-electron chi connectivity index (χ2n) is 6.84. The molecule has 0 radical (unpaired) electrons. The molecule has 1 aromatic heterocycles. The fourth-order valence-corrected chi connectivity index (χ4v) is 3.70. The summed E-state index contributed by atoms with van der Waals surface area (Å²) in [4.78, 5) is 20.7. The Morgan fingerprint density at radius 2 is 1.87 bits per heavy atom. The lowest BCUT2D eigenvalue weighted by Gasteiger charge is -2.35. The third-order valence-electron chi connectivity index (χ3n) is 4.71. The molecule has 162 valence electrons. The summed E-state index contributed by atoms with van der Waals surface area (Å²) in [5, 5.41) is 3.90. The molecule has 0 bridgehead atoms. The van der Waals surface area contributed by atoms with Gasteiger partial charge in [0.1, 0.15) is 11.6 Å². The molecular formula is C20H22Cl2F2N4O2. The molecule has 1 aromatic carbocycles. The smallest absolute Gasteiger partial charge is 0.387 e. The Morgan fingerprint density at radius 1 is 1.17 bits per heavy atom. The van der Waals surface area contributed by atoms with Gasteiger partial charge in [-0.1, -0.05) is 35.3 Å². The number of hydrogen-bond acceptors (Lipinski definition) is 5. The molecule has 1 aliphatic rings. The molecule has 0 saturated carbocycles. The third kappa shape index (κ3) is 6.68. The van der Waals surface area contributed by atoms with E-state index in [4.69, 9.17) is 23.2 Å². The van der Waals surface area contributed by atoms with Crippen molar-refractivity contribution in [1.29, 1.82) is 0 Å². The Bertz CT molecular complexity index is 847. The number of hydrogen-bond donors (Lipinski definition) is 1. The van der Waals surface area contributed by atoms with Crippen LogP contribution in [0.1, 0.15) is 5.56 Å². The molecule has 0 atom stereocenters. The predicted octanol–water partition coefficient (Wildman–Crippen LogP) is 3.47. The van der Waals surface area contributed by atoms with E-state index < -0.39 is 6.61 Å². The van der Waals surface area contributed by atoms with Gasteiger partial charge in [0.25, 0.3) is 0 Å². The van der Waals surface area contributed by atoms with Crippen molar-refractivity contribution in [3.8, 4) is 5.75 Å². The van der Waals surface area contributed by atoms with Gasteiger partial charge in [-0.15, -0.1) is 0 Å². The number of carbonyl (C=O) groups excluding carboxylic acids is 1. The van der Waals surface area contributed by atoms with Gasteiger partial charge in [-0.2, -0.15) is 8.78 Å². The number of rotatable bonds is 8. The number of nitrogens with one attached hydrogen (secondary N) is 1. The van der Waals surface area contributed by atoms with Crippen molar-refractivity contribution < 1.29 is 18.3 Å². The van der Waals surface area contributed by atoms with Crippen LogP contribution >= 0.6 is 23.2 Å². The zero-order valence-electron chi connectivity index (χ0n) is 16.2. The summed E-state index contributed by atoms with van der Waals surface area (Å²) >= 11 is 12.1. The van der Waals surface area contributed by atoms with Crippen LogP contribution in [0.5, 0.6) is 5.75 Å². The second-order valence-corrected chi connectivity index (χ2v) is 7.69. The van der Waals surface area contributed by atoms with Gasteiger partial charge in [-0.25, -0.2) is 4.98 Å². The van der Waals surface area contributed by atoms with Crippen molar-refractivity contribution in [3.05, 3.63) is 52.1 Å². The minimum absolute atomic E-state index is 0.0521. The van der Waals surface area contributed by atoms with Gasteiger partial charge >= 0.3 is 6.61 Å². The van der Waals surface area contributed by atoms with Gasteiger partial charge in [0.05, 0.1) is 16.6 Å². The standard InChI is InChI=1S/C20H22Cl2F2N4O2/c21-15-11-17(22)19(26-12-15)28-9-7-27(8-10-28)13-18(29)25-6-5-14-1-3-16(4-2-14)30-20(23)24/h1-4,11-12,20H,5-10,13H2,(H,25,29). The molecule has 0 unspecified atom stereocenters. The highest BCUT2D eigenvalue weighted by Crippen LogP contribution is 2.26. The Kier molecular flexibility index (Phi) is 8.07. The van der Waals surface area contributed by atoms with Crippen molar-refractivity contribution in [3.63, 3.8) is 0 Å². The van der Waals surface area contributed by atoms with E-state index in [2.05, 4.69) is 24.8 Å². The van der Waals surface area contributed by atoms with E-state index in [0.717, 1.165) is 18.7 Å². The lowest BCUT2D eigenvalue weighted by atomic mass is 10.1. The number of aromatic nitrogens is 1. The molecule has 0 spiro atoms. The summed E-state index contributed by atoms with van der Waals surface area (Å²) in [7, 11) is 0. The maximum Gasteiger partial charge on any atom is 0.387 e. The van der Waals surface area contributed by atoms with Crippen LogP contribution in [0.25, 0.3) is 0 Å². The number of nitrogens with zero attached hydrogens (tertiary/aromatic N) is 3. The number of ether oxygens (including phenoxy) is 1. The molecular weight excluding hydrogens is 437 g/mol. The molecule has 1 amide bonds. The molecule has 10 heteroatoms. The molecule has 0 aliphatic carbocycles. The maximum atomic E-state index is 12.2. The maximum absolute atomic E-state index is 12.2. The van der Waals surface area contributed by atoms with Crippen LogP contribution in [-0.2, 0) is 11.2 Å². The highest BCUT2D eigenvalue weighted by atomic mass is 35.5. The van der Waals surface area contributed by atoms with E-state index in [0.29, 0.717) is 48.5 Å². The average molecular weight is 459 g/mol. The van der Waals surface area contributed by atoms with Crippen molar-refractivity contribution in [2.45, 2.75) is 13.0 Å². The van der Waals surface area contributed by atoms with Crippen LogP contribution in [0.4, 0.5) is 14.6 Å². The fourth-order valence-electron chi connectivity index (χ4n) is 3.20. The van der Waals surface area contributed by atoms with Crippen LogP contribution < -0.4 is 15.0 Å². The van der Waals surface area contributed by atoms with E-state index in [1.165, 1.54) is 12.1 Å². The Labute approximate surface area is 183 Å². The molecule has 1 fully saturated rings. The normalized spacial score (nSPS) is 14.8. The quantitative estimate of drug-likeness (QED) is 0.656. The van der Waals surface area contributed by atoms with E-state index in [9.17, 15) is 13.6 Å². The van der Waals surface area contributed by atoms with E-state index in [-0.39, 0.29) is 11.7 Å². The second kappa shape index (κ2) is 10.7. The number of piperazine rings is 1. The summed E-state index contributed by atoms with van der Waals surface area (Å²) in [6, 6.07) is 8.07. The van der Waals surface area contributed by atoms with Gasteiger partial charge in [-0.3, -0.25) is 9.69 Å². The van der Waals surface area contributed by atoms with Crippen molar-refractivity contribution in [2.75, 3.05) is 44.2 Å². The SMILES string of the molecule is O=C(CN1CCN(c2ncc(Cl)cc2Cl)CC1)NCCc1ccc(OC(F)F)cc1. The number of carbonyl (C=O) groups is 1. The summed E-state index contributed by atoms with van der Waals surface area (Å²) in [5.74, 6) is 0.769. The summed E-state index contributed by atoms with van der Waals surface area (Å²) < 4.78 is 28.6. The molecule has 2 heterocycles. The first kappa shape index (κ1) is 22.5. The van der Waals surface area contributed by atoms with E-state index in [1.807, 2.05) is 0 Å². The average Bonchev–Trinajstić information content (AvgIpc) is 2.70. The van der Waals surface area contributed by atoms with Crippen LogP contribution in [-0.4, -0.2) is 61.7 Å². The minimum Gasteiger partial charge on any atom is -0.435 e. The fraction of sp³-hybridized carbons (Fsp3) is 0.400. The van der Waals surface area contributed by atoms with Gasteiger partial charge in [0.2, 0.25) is 5.91 Å². The zero-order chi connectivity index (χ0) is 21.5. The van der Waals surface area contributed by atoms with Crippen molar-refractivity contribution in [2.24, 2.45) is 0 Å². The van der Waals surface area contributed by atoms with Gasteiger partial charge in [0.15, 0.2) is 0 Å². The largest absolute Gasteiger partial charge is 0.435 e. The summed E-state index contributed by atoms with van der Waals surface area (Å²) in [6.07, 6.45) is 2.18. The number of halogens is 4. The molecule has 1 aliphatic heterocycles. The van der Waals surface area contributed by atoms with Crippen LogP contribution in [0.2, 0.25) is 10.0 Å². The molecule has 6 nitrogen and oxygen atoms in total. The third-order valence-corrected chi connectivity index (χ3v) is 5.20. The lowest BCUT2D eigenvalue weighted by molar-refractivity contribution is -0.122. The lowest BCUT2D eigenvalue weighted by Crippen LogP contribution is -2.50. The first-order valence-electron chi connectivity index (χ1n) is 9.49. The van der Waals surface area contributed by atoms with Crippen LogP contribution in [0, 0.1) is 0 Å². The molecule has 1 saturated heterocycles. The number of anilines is 1. The van der Waals surface area contributed by atoms with E-state index >= 15 is 0 Å². The Morgan fingerprint density at radius 3 is 2.50 bits per heavy atom. The minimum atomic E-state index is -2.84. The van der Waals surface area contributed by atoms with Crippen LogP contribution in [0.3, 0.4) is 0 Å². The van der Waals surface area contributed by atoms with Gasteiger partial charge in [0, 0.05) is 38.9 Å². The number of pyridine rings is 1. The number of benzene rings is 1. The molecule has 1 N–H and O–H groups in total. The van der Waals surface area contributed by atoms with E-state index in [1.54, 1.807) is 24.4 Å². The van der Waals surface area contributed by atoms with Gasteiger partial charge < -0.3 is 15.0 Å². The molecule has 30 heavy (non-hydrogen) atoms. The van der Waals surface area contributed by atoms with Gasteiger partial charge in [-0.05, 0) is 30.2 Å². The topological polar surface area (TPSA) is 57.7 Å². The highest BCUT2D eigenvalue weighted by Gasteiger charge is 2.21.